The molecule has 1 aromatic heterocycles. The second kappa shape index (κ2) is 1.81. The molecule has 1 heterocycles. The summed E-state index contributed by atoms with van der Waals surface area (Å²) in [4.78, 5) is 0. The minimum atomic E-state index is 0.917. The topological polar surface area (TPSA) is 59.8 Å². The van der Waals surface area contributed by atoms with Gasteiger partial charge in [-0.3, -0.25) is 0 Å². The van der Waals surface area contributed by atoms with Gasteiger partial charge in [0.05, 0.1) is 6.42 Å². The van der Waals surface area contributed by atoms with E-state index in [4.69, 9.17) is 5.84 Å². The summed E-state index contributed by atoms with van der Waals surface area (Å²) in [6.07, 6.45) is 2.58. The summed E-state index contributed by atoms with van der Waals surface area (Å²) in [6, 6.07) is 0. The van der Waals surface area contributed by atoms with Gasteiger partial charge in [0.25, 0.3) is 0 Å². The van der Waals surface area contributed by atoms with E-state index in [1.807, 2.05) is 6.92 Å². The third kappa shape index (κ3) is 0.641. The van der Waals surface area contributed by atoms with Gasteiger partial charge in [-0.2, -0.15) is 5.84 Å². The summed E-state index contributed by atoms with van der Waals surface area (Å²) in [5.41, 5.74) is 0. The van der Waals surface area contributed by atoms with E-state index in [0.717, 1.165) is 12.2 Å². The predicted molar refractivity (Wildman–Crippen MR) is 27.1 cm³/mol. The number of aromatic nitrogens is 3. The lowest BCUT2D eigenvalue weighted by atomic mass is 10.5. The molecule has 0 aliphatic rings. The smallest absolute Gasteiger partial charge is 0.199 e. The fourth-order valence-electron chi connectivity index (χ4n) is 0.599. The summed E-state index contributed by atoms with van der Waals surface area (Å²) in [5.74, 6) is 6.40. The van der Waals surface area contributed by atoms with Crippen LogP contribution in [-0.2, 0) is 6.42 Å². The molecule has 0 saturated heterocycles. The van der Waals surface area contributed by atoms with Gasteiger partial charge in [-0.1, -0.05) is 12.0 Å². The van der Waals surface area contributed by atoms with Crippen LogP contribution < -0.4 is 15.6 Å². The molecule has 0 fully saturated rings. The highest BCUT2D eigenvalue weighted by Crippen LogP contribution is 1.75. The van der Waals surface area contributed by atoms with Crippen molar-refractivity contribution in [3.63, 3.8) is 0 Å². The van der Waals surface area contributed by atoms with Crippen molar-refractivity contribution in [3.8, 4) is 0 Å². The molecule has 1 rings (SSSR count). The molecule has 0 aliphatic heterocycles. The third-order valence-corrected chi connectivity index (χ3v) is 1.07. The number of rotatable bonds is 1. The van der Waals surface area contributed by atoms with E-state index >= 15 is 0 Å². The number of aryl methyl sites for hydroxylation is 1. The molecule has 0 unspecified atom stereocenters. The van der Waals surface area contributed by atoms with Crippen LogP contribution in [-0.4, -0.2) is 5.10 Å². The van der Waals surface area contributed by atoms with Crippen LogP contribution in [0.15, 0.2) is 6.33 Å². The molecule has 0 aliphatic carbocycles. The molecule has 8 heavy (non-hydrogen) atoms. The van der Waals surface area contributed by atoms with Crippen molar-refractivity contribution < 1.29 is 9.77 Å². The molecular weight excluding hydrogens is 104 g/mol. The predicted octanol–water partition coefficient (Wildman–Crippen LogP) is -1.61. The van der Waals surface area contributed by atoms with Crippen LogP contribution in [0, 0.1) is 0 Å². The van der Waals surface area contributed by atoms with E-state index in [-0.39, 0.29) is 0 Å². The van der Waals surface area contributed by atoms with E-state index in [0.29, 0.717) is 0 Å². The van der Waals surface area contributed by atoms with Crippen molar-refractivity contribution in [1.29, 1.82) is 0 Å². The number of hydrogen-bond donors (Lipinski definition) is 2. The van der Waals surface area contributed by atoms with E-state index in [2.05, 4.69) is 10.2 Å². The van der Waals surface area contributed by atoms with Crippen LogP contribution in [0.25, 0.3) is 0 Å². The van der Waals surface area contributed by atoms with E-state index in [1.165, 1.54) is 4.68 Å². The Balaban J connectivity index is 2.92. The first-order chi connectivity index (χ1) is 3.84. The highest BCUT2D eigenvalue weighted by atomic mass is 15.4. The van der Waals surface area contributed by atoms with Gasteiger partial charge in [-0.25, -0.2) is 0 Å². The highest BCUT2D eigenvalue weighted by Gasteiger charge is 2.08. The second-order valence-electron chi connectivity index (χ2n) is 1.61. The van der Waals surface area contributed by atoms with Gasteiger partial charge in [0.2, 0.25) is 0 Å². The summed E-state index contributed by atoms with van der Waals surface area (Å²) in [7, 11) is 0. The Morgan fingerprint density at radius 1 is 2.00 bits per heavy atom. The standard InChI is InChI=1S/C4H8N4/c1-2-4-7-6-3-8(4)5/h3H,2,5H2,1H3/p+2. The molecule has 0 spiro atoms. The third-order valence-electron chi connectivity index (χ3n) is 1.07. The monoisotopic (exact) mass is 114 g/mol. The first-order valence-electron chi connectivity index (χ1n) is 2.59. The van der Waals surface area contributed by atoms with Crippen LogP contribution in [0.2, 0.25) is 0 Å². The molecule has 4 nitrogen and oxygen atoms in total. The quantitative estimate of drug-likeness (QED) is 0.335. The Labute approximate surface area is 47.3 Å². The van der Waals surface area contributed by atoms with Crippen LogP contribution >= 0.6 is 0 Å². The van der Waals surface area contributed by atoms with Gasteiger partial charge >= 0.3 is 12.2 Å². The minimum absolute atomic E-state index is 0.917. The van der Waals surface area contributed by atoms with Crippen molar-refractivity contribution in [2.45, 2.75) is 13.3 Å². The lowest BCUT2D eigenvalue weighted by molar-refractivity contribution is -0.682. The van der Waals surface area contributed by atoms with E-state index in [9.17, 15) is 0 Å². The van der Waals surface area contributed by atoms with Crippen molar-refractivity contribution in [2.75, 3.05) is 5.84 Å². The molecule has 0 saturated carbocycles. The Morgan fingerprint density at radius 2 is 2.75 bits per heavy atom. The van der Waals surface area contributed by atoms with Crippen LogP contribution in [0.1, 0.15) is 12.7 Å². The maximum Gasteiger partial charge on any atom is 0.457 e. The van der Waals surface area contributed by atoms with E-state index < -0.39 is 0 Å². The second-order valence-corrected chi connectivity index (χ2v) is 1.61. The molecule has 0 aromatic carbocycles. The number of hydrogen-bond acceptors (Lipinski definition) is 1. The highest BCUT2D eigenvalue weighted by molar-refractivity contribution is 4.62. The summed E-state index contributed by atoms with van der Waals surface area (Å²) in [5, 5.41) is 5.63. The molecule has 0 amide bonds. The Kier molecular flexibility index (Phi) is 1.15. The van der Waals surface area contributed by atoms with Gasteiger partial charge in [0.1, 0.15) is 0 Å². The maximum absolute atomic E-state index is 5.41. The zero-order valence-corrected chi connectivity index (χ0v) is 4.81. The van der Waals surface area contributed by atoms with Gasteiger partial charge in [-0.05, 0) is 4.68 Å². The normalized spacial score (nSPS) is 9.62. The number of aromatic amines is 2. The zero-order valence-electron chi connectivity index (χ0n) is 4.81. The Bertz CT molecular complexity index is 168. The van der Waals surface area contributed by atoms with Crippen LogP contribution in [0.5, 0.6) is 0 Å². The van der Waals surface area contributed by atoms with Gasteiger partial charge in [-0.15, -0.1) is 5.10 Å². The summed E-state index contributed by atoms with van der Waals surface area (Å²) < 4.78 is 1.53. The van der Waals surface area contributed by atoms with Gasteiger partial charge < -0.3 is 0 Å². The zero-order chi connectivity index (χ0) is 5.98. The lowest BCUT2D eigenvalue weighted by Gasteiger charge is -1.75. The van der Waals surface area contributed by atoms with Crippen molar-refractivity contribution >= 4 is 0 Å². The summed E-state index contributed by atoms with van der Waals surface area (Å²) >= 11 is 0. The first-order valence-corrected chi connectivity index (χ1v) is 2.59. The molecule has 44 valence electrons. The minimum Gasteiger partial charge on any atom is -0.199 e. The van der Waals surface area contributed by atoms with Gasteiger partial charge in [0, 0.05) is 0 Å². The largest absolute Gasteiger partial charge is 0.457 e. The number of nitrogens with one attached hydrogen (secondary N) is 2. The SMILES string of the molecule is CCc1[nH][nH+]c[n+]1N. The molecule has 0 radical (unpaired) electrons. The molecular formula is C4H10N4+2. The molecule has 0 atom stereocenters. The number of H-pyrrole nitrogens is 2. The average Bonchev–Trinajstić information content (AvgIpc) is 2.14. The summed E-state index contributed by atoms with van der Waals surface area (Å²) in [6.45, 7) is 2.03. The molecule has 4 heteroatoms. The number of nitrogen functional groups attached to an aromatic ring is 1. The Hall–Kier alpha value is -1.06. The average molecular weight is 114 g/mol. The molecule has 4 N–H and O–H groups in total. The number of nitrogens with two attached hydrogens (primary N) is 1. The van der Waals surface area contributed by atoms with Crippen LogP contribution in [0.3, 0.4) is 0 Å². The van der Waals surface area contributed by atoms with Crippen molar-refractivity contribution in [2.24, 2.45) is 0 Å². The van der Waals surface area contributed by atoms with Crippen molar-refractivity contribution in [3.05, 3.63) is 12.2 Å². The fraction of sp³-hybridized carbons (Fsp3) is 0.500. The molecule has 0 bridgehead atoms. The maximum atomic E-state index is 5.41. The number of nitrogens with zero attached hydrogens (tertiary/aromatic N) is 1. The van der Waals surface area contributed by atoms with Crippen LogP contribution in [0.4, 0.5) is 0 Å². The fourth-order valence-corrected chi connectivity index (χ4v) is 0.599. The lowest BCUT2D eigenvalue weighted by Crippen LogP contribution is -2.46. The van der Waals surface area contributed by atoms with Gasteiger partial charge in [0.15, 0.2) is 0 Å². The molecule has 1 aromatic rings. The Morgan fingerprint density at radius 3 is 3.00 bits per heavy atom. The van der Waals surface area contributed by atoms with Crippen molar-refractivity contribution in [1.82, 2.24) is 5.10 Å². The van der Waals surface area contributed by atoms with E-state index in [1.54, 1.807) is 6.33 Å². The first kappa shape index (κ1) is 5.08.